The van der Waals surface area contributed by atoms with Crippen molar-refractivity contribution in [3.05, 3.63) is 82.5 Å². The van der Waals surface area contributed by atoms with Crippen LogP contribution in [-0.2, 0) is 4.74 Å². The number of methoxy groups -OCH3 is 2. The summed E-state index contributed by atoms with van der Waals surface area (Å²) in [5, 5.41) is 4.35. The van der Waals surface area contributed by atoms with Crippen LogP contribution in [0.5, 0.6) is 5.75 Å². The minimum atomic E-state index is -2.28. The van der Waals surface area contributed by atoms with Crippen LogP contribution in [0.15, 0.2) is 76.8 Å². The van der Waals surface area contributed by atoms with E-state index in [1.807, 2.05) is 42.5 Å². The smallest absolute Gasteiger partial charge is 0.359 e. The van der Waals surface area contributed by atoms with Gasteiger partial charge in [0.1, 0.15) is 5.75 Å². The summed E-state index contributed by atoms with van der Waals surface area (Å²) in [6.45, 7) is 9.12. The molecule has 0 saturated heterocycles. The molecule has 0 unspecified atom stereocenters. The third kappa shape index (κ3) is 11.2. The molecule has 8 heteroatoms. The zero-order valence-electron chi connectivity index (χ0n) is 27.1. The first kappa shape index (κ1) is 36.1. The van der Waals surface area contributed by atoms with Crippen molar-refractivity contribution in [2.24, 2.45) is 5.73 Å². The van der Waals surface area contributed by atoms with Gasteiger partial charge in [-0.3, -0.25) is 4.98 Å². The van der Waals surface area contributed by atoms with Crippen LogP contribution in [0, 0.1) is 0 Å². The van der Waals surface area contributed by atoms with Crippen molar-refractivity contribution in [3.8, 4) is 22.7 Å². The predicted octanol–water partition coefficient (Wildman–Crippen LogP) is 8.91. The van der Waals surface area contributed by atoms with Crippen molar-refractivity contribution in [2.75, 3.05) is 14.2 Å². The monoisotopic (exact) mass is 696 g/mol. The van der Waals surface area contributed by atoms with Crippen LogP contribution in [0.4, 0.5) is 0 Å². The summed E-state index contributed by atoms with van der Waals surface area (Å²) in [7, 11) is 2.93. The van der Waals surface area contributed by atoms with Crippen molar-refractivity contribution < 1.29 is 14.3 Å². The Hall–Kier alpha value is -3.07. The van der Waals surface area contributed by atoms with Gasteiger partial charge in [-0.2, -0.15) is 5.10 Å². The Bertz CT molecular complexity index is 1270. The number of unbranched alkanes of at least 4 members (excludes halogenated alkanes) is 3. The molecule has 7 nitrogen and oxygen atoms in total. The molecule has 43 heavy (non-hydrogen) atoms. The molecule has 0 bridgehead atoms. The van der Waals surface area contributed by atoms with Gasteiger partial charge in [-0.05, 0) is 24.3 Å². The summed E-state index contributed by atoms with van der Waals surface area (Å²) in [5.74, 6) is 0.198. The fourth-order valence-corrected chi connectivity index (χ4v) is 19.8. The maximum atomic E-state index is 12.0. The van der Waals surface area contributed by atoms with E-state index in [1.54, 1.807) is 24.2 Å². The van der Waals surface area contributed by atoms with E-state index in [0.29, 0.717) is 17.0 Å². The van der Waals surface area contributed by atoms with Gasteiger partial charge in [0.25, 0.3) is 0 Å². The van der Waals surface area contributed by atoms with Crippen LogP contribution in [0.1, 0.15) is 83.1 Å². The third-order valence-electron chi connectivity index (χ3n) is 7.64. The van der Waals surface area contributed by atoms with Gasteiger partial charge in [0.15, 0.2) is 5.69 Å². The first-order chi connectivity index (χ1) is 20.9. The first-order valence-electron chi connectivity index (χ1n) is 15.8. The van der Waals surface area contributed by atoms with Crippen LogP contribution in [0.25, 0.3) is 16.9 Å². The predicted molar refractivity (Wildman–Crippen MR) is 181 cm³/mol. The topological polar surface area (TPSA) is 92.3 Å². The molecule has 0 saturated carbocycles. The molecule has 1 aromatic carbocycles. The minimum Gasteiger partial charge on any atom is -0.497 e. The summed E-state index contributed by atoms with van der Waals surface area (Å²) >= 11 is -2.28. The largest absolute Gasteiger partial charge is 0.497 e. The van der Waals surface area contributed by atoms with Gasteiger partial charge in [0.05, 0.1) is 31.2 Å². The number of rotatable bonds is 16. The summed E-state index contributed by atoms with van der Waals surface area (Å²) in [4.78, 5) is 16.3. The van der Waals surface area contributed by atoms with Crippen LogP contribution in [0.3, 0.4) is 0 Å². The summed E-state index contributed by atoms with van der Waals surface area (Å²) < 4.78 is 17.4. The van der Waals surface area contributed by atoms with Crippen molar-refractivity contribution in [3.63, 3.8) is 0 Å². The van der Waals surface area contributed by atoms with Crippen molar-refractivity contribution >= 4 is 24.3 Å². The number of nitrogens with two attached hydrogens (primary N) is 1. The Labute approximate surface area is 263 Å². The van der Waals surface area contributed by atoms with E-state index in [-0.39, 0.29) is 5.69 Å². The van der Waals surface area contributed by atoms with Crippen molar-refractivity contribution in [2.45, 2.75) is 86.0 Å². The molecule has 3 aromatic rings. The molecule has 234 valence electrons. The van der Waals surface area contributed by atoms with Gasteiger partial charge in [-0.25, -0.2) is 9.48 Å². The fraction of sp³-hybridized carbons (Fsp3) is 0.457. The van der Waals surface area contributed by atoms with E-state index in [1.165, 1.54) is 62.7 Å². The Morgan fingerprint density at radius 2 is 1.63 bits per heavy atom. The number of aromatic nitrogens is 3. The van der Waals surface area contributed by atoms with Crippen LogP contribution in [-0.4, -0.2) is 53.3 Å². The summed E-state index contributed by atoms with van der Waals surface area (Å²) in [5.41, 5.74) is 8.88. The van der Waals surface area contributed by atoms with Crippen LogP contribution >= 0.6 is 0 Å². The fourth-order valence-electron chi connectivity index (χ4n) is 5.05. The molecule has 0 radical (unpaired) electrons. The van der Waals surface area contributed by atoms with Crippen LogP contribution < -0.4 is 10.5 Å². The van der Waals surface area contributed by atoms with E-state index in [9.17, 15) is 4.79 Å². The normalized spacial score (nSPS) is 11.7. The molecule has 0 atom stereocenters. The Kier molecular flexibility index (Phi) is 16.8. The SMILES string of the molecule is CC/C=C\C=[C](/N)[Sn]([CH2]CCC)([CH2]CCC)[CH2]CCC.COC(=O)c1nn(-c2cccc(OC)c2)cc1-c1ccccn1. The zero-order chi connectivity index (χ0) is 31.5. The number of nitrogens with zero attached hydrogens (tertiary/aromatic N) is 3. The molecular formula is C35H52N4O3Sn. The summed E-state index contributed by atoms with van der Waals surface area (Å²) in [6, 6.07) is 12.9. The zero-order valence-corrected chi connectivity index (χ0v) is 30.0. The molecule has 3 rings (SSSR count). The molecular weight excluding hydrogens is 643 g/mol. The first-order valence-corrected chi connectivity index (χ1v) is 23.2. The summed E-state index contributed by atoms with van der Waals surface area (Å²) in [6.07, 6.45) is 19.3. The minimum absolute atomic E-state index is 0.217. The van der Waals surface area contributed by atoms with E-state index >= 15 is 0 Å². The van der Waals surface area contributed by atoms with Gasteiger partial charge >= 0.3 is 138 Å². The van der Waals surface area contributed by atoms with Gasteiger partial charge < -0.3 is 9.47 Å². The average Bonchev–Trinajstić information content (AvgIpc) is 3.51. The maximum Gasteiger partial charge on any atom is 0.359 e. The second-order valence-electron chi connectivity index (χ2n) is 10.8. The quantitative estimate of drug-likeness (QED) is 0.0915. The molecule has 2 aromatic heterocycles. The van der Waals surface area contributed by atoms with E-state index in [4.69, 9.17) is 15.2 Å². The molecule has 2 N–H and O–H groups in total. The number of hydrogen-bond acceptors (Lipinski definition) is 6. The number of carbonyl (C=O) groups excluding carboxylic acids is 1. The molecule has 0 spiro atoms. The van der Waals surface area contributed by atoms with Gasteiger partial charge in [0.2, 0.25) is 0 Å². The third-order valence-corrected chi connectivity index (χ3v) is 22.8. The molecule has 0 fully saturated rings. The van der Waals surface area contributed by atoms with Gasteiger partial charge in [-0.15, -0.1) is 0 Å². The Morgan fingerprint density at radius 1 is 0.953 bits per heavy atom. The molecule has 0 aliphatic rings. The number of benzene rings is 1. The van der Waals surface area contributed by atoms with Crippen LogP contribution in [0.2, 0.25) is 13.3 Å². The van der Waals surface area contributed by atoms with Gasteiger partial charge in [-0.1, -0.05) is 12.1 Å². The average molecular weight is 696 g/mol. The Morgan fingerprint density at radius 3 is 2.16 bits per heavy atom. The molecule has 2 heterocycles. The maximum absolute atomic E-state index is 12.0. The van der Waals surface area contributed by atoms with E-state index < -0.39 is 24.3 Å². The van der Waals surface area contributed by atoms with E-state index in [0.717, 1.165) is 12.1 Å². The van der Waals surface area contributed by atoms with Crippen molar-refractivity contribution in [1.82, 2.24) is 14.8 Å². The molecule has 0 aliphatic carbocycles. The van der Waals surface area contributed by atoms with E-state index in [2.05, 4.69) is 56.0 Å². The number of pyridine rings is 1. The number of carbonyl (C=O) groups is 1. The molecule has 0 amide bonds. The standard InChI is InChI=1S/C17H15N3O3.C6H10N.3C4H9.Sn/c1-22-13-7-5-6-12(10-13)20-11-14(15-8-3-4-9-18-15)16(19-20)17(21)23-2;1-2-3-4-5-6-7;3*1-3-4-2;/h3-11H,1-2H3;3-5H,2,7H2,1H3;3*1,3-4H2,2H3;/b;4-3-,6-5?;;;;. The molecule has 0 aliphatic heterocycles. The second-order valence-corrected chi connectivity index (χ2v) is 24.0. The number of ether oxygens (including phenoxy) is 2. The number of allylic oxidation sites excluding steroid dienone is 3. The Balaban J connectivity index is 0.000000304. The van der Waals surface area contributed by atoms with Gasteiger partial charge in [0, 0.05) is 18.5 Å². The number of esters is 1. The second kappa shape index (κ2) is 20.0. The van der Waals surface area contributed by atoms with Crippen molar-refractivity contribution in [1.29, 1.82) is 0 Å². The number of hydrogen-bond donors (Lipinski definition) is 1.